The van der Waals surface area contributed by atoms with Gasteiger partial charge < -0.3 is 10.6 Å². The molecular weight excluding hydrogens is 246 g/mol. The van der Waals surface area contributed by atoms with Crippen LogP contribution in [0.3, 0.4) is 0 Å². The van der Waals surface area contributed by atoms with Gasteiger partial charge in [0.25, 0.3) is 0 Å². The molecule has 0 radical (unpaired) electrons. The van der Waals surface area contributed by atoms with E-state index in [0.29, 0.717) is 19.0 Å². The van der Waals surface area contributed by atoms with Crippen molar-refractivity contribution in [3.63, 3.8) is 0 Å². The molecule has 0 amide bonds. The predicted octanol–water partition coefficient (Wildman–Crippen LogP) is 2.81. The molecule has 0 unspecified atom stereocenters. The van der Waals surface area contributed by atoms with Crippen molar-refractivity contribution < 1.29 is 4.92 Å². The lowest BCUT2D eigenvalue weighted by Crippen LogP contribution is -2.10. The molecule has 106 valence electrons. The standard InChI is InChI=1S/C12H21N5O2/c1-3-5-6-7-8-14-11-10(17(18)19)9-15-12(16-11)13-4-2/h9H,3-8H2,1-2H3,(H2,13,14,15,16). The van der Waals surface area contributed by atoms with E-state index in [9.17, 15) is 10.1 Å². The van der Waals surface area contributed by atoms with Crippen LogP contribution in [0.25, 0.3) is 0 Å². The molecule has 0 saturated carbocycles. The number of aromatic nitrogens is 2. The van der Waals surface area contributed by atoms with Crippen LogP contribution in [0.5, 0.6) is 0 Å². The summed E-state index contributed by atoms with van der Waals surface area (Å²) in [5, 5.41) is 16.9. The number of hydrogen-bond acceptors (Lipinski definition) is 6. The quantitative estimate of drug-likeness (QED) is 0.406. The molecule has 0 aromatic carbocycles. The lowest BCUT2D eigenvalue weighted by atomic mass is 10.2. The first kappa shape index (κ1) is 15.1. The van der Waals surface area contributed by atoms with Gasteiger partial charge in [0.15, 0.2) is 0 Å². The molecule has 0 aliphatic heterocycles. The number of hydrogen-bond donors (Lipinski definition) is 2. The van der Waals surface area contributed by atoms with Gasteiger partial charge in [-0.25, -0.2) is 4.98 Å². The van der Waals surface area contributed by atoms with Gasteiger partial charge in [-0.15, -0.1) is 0 Å². The number of nitrogens with one attached hydrogen (secondary N) is 2. The van der Waals surface area contributed by atoms with E-state index < -0.39 is 4.92 Å². The summed E-state index contributed by atoms with van der Waals surface area (Å²) in [5.74, 6) is 0.691. The number of nitrogens with zero attached hydrogens (tertiary/aromatic N) is 3. The van der Waals surface area contributed by atoms with Crippen molar-refractivity contribution in [3.05, 3.63) is 16.3 Å². The molecule has 7 heteroatoms. The molecule has 0 aliphatic carbocycles. The fraction of sp³-hybridized carbons (Fsp3) is 0.667. The Bertz CT molecular complexity index is 411. The molecule has 0 atom stereocenters. The second-order valence-corrected chi connectivity index (χ2v) is 4.20. The summed E-state index contributed by atoms with van der Waals surface area (Å²) >= 11 is 0. The van der Waals surface area contributed by atoms with Gasteiger partial charge in [0.05, 0.1) is 4.92 Å². The number of unbranched alkanes of at least 4 members (excludes halogenated alkanes) is 3. The molecule has 1 heterocycles. The summed E-state index contributed by atoms with van der Waals surface area (Å²) in [6.07, 6.45) is 5.67. The fourth-order valence-corrected chi connectivity index (χ4v) is 1.64. The third-order valence-corrected chi connectivity index (χ3v) is 2.62. The van der Waals surface area contributed by atoms with E-state index in [1.165, 1.54) is 12.6 Å². The third-order valence-electron chi connectivity index (χ3n) is 2.62. The molecule has 2 N–H and O–H groups in total. The van der Waals surface area contributed by atoms with Crippen molar-refractivity contribution in [2.24, 2.45) is 0 Å². The van der Waals surface area contributed by atoms with Gasteiger partial charge in [0, 0.05) is 13.1 Å². The fourth-order valence-electron chi connectivity index (χ4n) is 1.64. The van der Waals surface area contributed by atoms with Crippen LogP contribution in [0, 0.1) is 10.1 Å². The van der Waals surface area contributed by atoms with Gasteiger partial charge in [0.2, 0.25) is 11.8 Å². The summed E-state index contributed by atoms with van der Waals surface area (Å²) in [6, 6.07) is 0. The summed E-state index contributed by atoms with van der Waals surface area (Å²) < 4.78 is 0. The van der Waals surface area contributed by atoms with Crippen LogP contribution in [-0.2, 0) is 0 Å². The van der Waals surface area contributed by atoms with E-state index in [2.05, 4.69) is 27.5 Å². The lowest BCUT2D eigenvalue weighted by Gasteiger charge is -2.07. The minimum atomic E-state index is -0.468. The maximum atomic E-state index is 10.9. The topological polar surface area (TPSA) is 93.0 Å². The van der Waals surface area contributed by atoms with Crippen LogP contribution >= 0.6 is 0 Å². The average molecular weight is 267 g/mol. The Hall–Kier alpha value is -1.92. The highest BCUT2D eigenvalue weighted by Gasteiger charge is 2.16. The maximum absolute atomic E-state index is 10.9. The molecule has 1 aromatic heterocycles. The molecule has 7 nitrogen and oxygen atoms in total. The van der Waals surface area contributed by atoms with E-state index >= 15 is 0 Å². The van der Waals surface area contributed by atoms with Crippen LogP contribution in [-0.4, -0.2) is 28.0 Å². The first-order chi connectivity index (χ1) is 9.19. The highest BCUT2D eigenvalue weighted by atomic mass is 16.6. The summed E-state index contributed by atoms with van der Waals surface area (Å²) in [6.45, 7) is 5.42. The zero-order valence-corrected chi connectivity index (χ0v) is 11.5. The predicted molar refractivity (Wildman–Crippen MR) is 75.5 cm³/mol. The second kappa shape index (κ2) is 8.23. The zero-order valence-electron chi connectivity index (χ0n) is 11.5. The van der Waals surface area contributed by atoms with Crippen molar-refractivity contribution in [1.29, 1.82) is 0 Å². The highest BCUT2D eigenvalue weighted by Crippen LogP contribution is 2.21. The Morgan fingerprint density at radius 1 is 1.26 bits per heavy atom. The first-order valence-electron chi connectivity index (χ1n) is 6.68. The Kier molecular flexibility index (Phi) is 6.56. The van der Waals surface area contributed by atoms with Crippen molar-refractivity contribution in [2.75, 3.05) is 23.7 Å². The van der Waals surface area contributed by atoms with E-state index in [4.69, 9.17) is 0 Å². The molecule has 0 fully saturated rings. The Morgan fingerprint density at radius 3 is 2.68 bits per heavy atom. The van der Waals surface area contributed by atoms with Crippen molar-refractivity contribution in [1.82, 2.24) is 9.97 Å². The molecule has 1 aromatic rings. The number of nitro groups is 1. The van der Waals surface area contributed by atoms with Crippen molar-refractivity contribution in [3.8, 4) is 0 Å². The number of rotatable bonds is 9. The van der Waals surface area contributed by atoms with Crippen LogP contribution in [0.2, 0.25) is 0 Å². The smallest absolute Gasteiger partial charge is 0.329 e. The summed E-state index contributed by atoms with van der Waals surface area (Å²) in [4.78, 5) is 18.5. The van der Waals surface area contributed by atoms with E-state index in [1.54, 1.807) is 0 Å². The van der Waals surface area contributed by atoms with Crippen molar-refractivity contribution in [2.45, 2.75) is 39.5 Å². The van der Waals surface area contributed by atoms with Crippen molar-refractivity contribution >= 4 is 17.5 Å². The molecule has 0 spiro atoms. The molecular formula is C12H21N5O2. The van der Waals surface area contributed by atoms with Crippen LogP contribution in [0.15, 0.2) is 6.20 Å². The Balaban J connectivity index is 2.66. The molecule has 0 saturated heterocycles. The molecule has 19 heavy (non-hydrogen) atoms. The molecule has 1 rings (SSSR count). The number of anilines is 2. The Labute approximate surface area is 113 Å². The van der Waals surface area contributed by atoms with Crippen LogP contribution < -0.4 is 10.6 Å². The normalized spacial score (nSPS) is 10.2. The van der Waals surface area contributed by atoms with Crippen LogP contribution in [0.1, 0.15) is 39.5 Å². The molecule has 0 aliphatic rings. The van der Waals surface area contributed by atoms with Gasteiger partial charge in [-0.05, 0) is 13.3 Å². The minimum Gasteiger partial charge on any atom is -0.364 e. The van der Waals surface area contributed by atoms with Crippen LogP contribution in [0.4, 0.5) is 17.5 Å². The average Bonchev–Trinajstić information content (AvgIpc) is 2.39. The third kappa shape index (κ3) is 5.07. The molecule has 0 bridgehead atoms. The maximum Gasteiger partial charge on any atom is 0.329 e. The van der Waals surface area contributed by atoms with E-state index in [-0.39, 0.29) is 11.5 Å². The monoisotopic (exact) mass is 267 g/mol. The SMILES string of the molecule is CCCCCCNc1nc(NCC)ncc1[N+](=O)[O-]. The van der Waals surface area contributed by atoms with Gasteiger partial charge >= 0.3 is 5.69 Å². The Morgan fingerprint density at radius 2 is 2.05 bits per heavy atom. The first-order valence-corrected chi connectivity index (χ1v) is 6.68. The largest absolute Gasteiger partial charge is 0.364 e. The highest BCUT2D eigenvalue weighted by molar-refractivity contribution is 5.56. The summed E-state index contributed by atoms with van der Waals surface area (Å²) in [5.41, 5.74) is -0.0860. The minimum absolute atomic E-state index is 0.0860. The lowest BCUT2D eigenvalue weighted by molar-refractivity contribution is -0.384. The van der Waals surface area contributed by atoms with E-state index in [0.717, 1.165) is 19.3 Å². The zero-order chi connectivity index (χ0) is 14.1. The van der Waals surface area contributed by atoms with Gasteiger partial charge in [-0.2, -0.15) is 4.98 Å². The van der Waals surface area contributed by atoms with Gasteiger partial charge in [-0.1, -0.05) is 26.2 Å². The van der Waals surface area contributed by atoms with Gasteiger partial charge in [-0.3, -0.25) is 10.1 Å². The summed E-state index contributed by atoms with van der Waals surface area (Å²) in [7, 11) is 0. The van der Waals surface area contributed by atoms with E-state index in [1.807, 2.05) is 6.92 Å². The second-order valence-electron chi connectivity index (χ2n) is 4.20. The van der Waals surface area contributed by atoms with Gasteiger partial charge in [0.1, 0.15) is 6.20 Å².